The van der Waals surface area contributed by atoms with E-state index in [1.807, 2.05) is 30.0 Å². The molecule has 1 fully saturated rings. The van der Waals surface area contributed by atoms with Crippen molar-refractivity contribution in [3.8, 4) is 0 Å². The number of piperidine rings is 1. The highest BCUT2D eigenvalue weighted by atomic mass is 16.2. The lowest BCUT2D eigenvalue weighted by Crippen LogP contribution is -2.46. The Morgan fingerprint density at radius 1 is 1.25 bits per heavy atom. The molecule has 130 valence electrons. The molecule has 2 amide bonds. The van der Waals surface area contributed by atoms with E-state index in [4.69, 9.17) is 5.73 Å². The van der Waals surface area contributed by atoms with Crippen LogP contribution in [0.5, 0.6) is 0 Å². The number of carbonyl (C=O) groups excluding carboxylic acids is 2. The molecular weight excluding hydrogens is 302 g/mol. The predicted molar refractivity (Wildman–Crippen MR) is 95.3 cm³/mol. The number of allylic oxidation sites excluding steroid dienone is 1. The fourth-order valence-corrected chi connectivity index (χ4v) is 2.98. The summed E-state index contributed by atoms with van der Waals surface area (Å²) in [6.45, 7) is 3.90. The van der Waals surface area contributed by atoms with E-state index in [0.29, 0.717) is 6.54 Å². The van der Waals surface area contributed by atoms with Crippen LogP contribution >= 0.6 is 0 Å². The Hall–Kier alpha value is -2.14. The van der Waals surface area contributed by atoms with Gasteiger partial charge in [0.1, 0.15) is 0 Å². The minimum absolute atomic E-state index is 0.0195. The van der Waals surface area contributed by atoms with Gasteiger partial charge in [0.2, 0.25) is 11.8 Å². The highest BCUT2D eigenvalue weighted by Gasteiger charge is 2.20. The Balaban J connectivity index is 1.71. The first-order valence-corrected chi connectivity index (χ1v) is 8.55. The molecule has 0 bridgehead atoms. The van der Waals surface area contributed by atoms with Crippen LogP contribution in [0.4, 0.5) is 0 Å². The molecule has 0 unspecified atom stereocenters. The number of rotatable bonds is 7. The molecule has 0 aromatic heterocycles. The quantitative estimate of drug-likeness (QED) is 0.747. The van der Waals surface area contributed by atoms with Gasteiger partial charge in [-0.1, -0.05) is 35.9 Å². The van der Waals surface area contributed by atoms with Gasteiger partial charge >= 0.3 is 0 Å². The van der Waals surface area contributed by atoms with Crippen LogP contribution in [-0.4, -0.2) is 42.4 Å². The van der Waals surface area contributed by atoms with Crippen molar-refractivity contribution in [1.82, 2.24) is 10.2 Å². The number of hydrogen-bond acceptors (Lipinski definition) is 3. The fourth-order valence-electron chi connectivity index (χ4n) is 2.98. The first-order chi connectivity index (χ1) is 11.5. The molecule has 0 radical (unpaired) electrons. The summed E-state index contributed by atoms with van der Waals surface area (Å²) in [4.78, 5) is 25.1. The minimum atomic E-state index is -0.297. The number of carbonyl (C=O) groups is 2. The van der Waals surface area contributed by atoms with Gasteiger partial charge in [0.05, 0.1) is 6.54 Å². The Morgan fingerprint density at radius 3 is 2.54 bits per heavy atom. The van der Waals surface area contributed by atoms with E-state index in [1.165, 1.54) is 5.56 Å². The number of likely N-dealkylation sites (tertiary alicyclic amines) is 1. The van der Waals surface area contributed by atoms with Gasteiger partial charge in [-0.3, -0.25) is 14.5 Å². The molecule has 5 heteroatoms. The maximum atomic E-state index is 12.1. The molecule has 0 aliphatic carbocycles. The summed E-state index contributed by atoms with van der Waals surface area (Å²) in [6, 6.07) is 10.5. The van der Waals surface area contributed by atoms with E-state index in [-0.39, 0.29) is 17.9 Å². The Kier molecular flexibility index (Phi) is 7.00. The molecule has 5 nitrogen and oxygen atoms in total. The van der Waals surface area contributed by atoms with Crippen LogP contribution in [0.15, 0.2) is 42.0 Å². The Labute approximate surface area is 143 Å². The van der Waals surface area contributed by atoms with Gasteiger partial charge in [0, 0.05) is 25.2 Å². The van der Waals surface area contributed by atoms with Gasteiger partial charge in [-0.2, -0.15) is 0 Å². The summed E-state index contributed by atoms with van der Waals surface area (Å²) in [5, 5.41) is 3.06. The Bertz CT molecular complexity index is 576. The third-order valence-corrected chi connectivity index (χ3v) is 4.34. The second-order valence-corrected chi connectivity index (χ2v) is 6.50. The molecule has 24 heavy (non-hydrogen) atoms. The van der Waals surface area contributed by atoms with E-state index >= 15 is 0 Å². The first kappa shape index (κ1) is 18.2. The zero-order chi connectivity index (χ0) is 17.4. The third-order valence-electron chi connectivity index (χ3n) is 4.34. The van der Waals surface area contributed by atoms with Crippen molar-refractivity contribution in [1.29, 1.82) is 0 Å². The smallest absolute Gasteiger partial charge is 0.244 e. The van der Waals surface area contributed by atoms with Crippen LogP contribution in [0, 0.1) is 0 Å². The number of benzene rings is 1. The third kappa shape index (κ3) is 6.54. The monoisotopic (exact) mass is 329 g/mol. The van der Waals surface area contributed by atoms with Crippen molar-refractivity contribution in [2.45, 2.75) is 38.6 Å². The number of amides is 2. The van der Waals surface area contributed by atoms with E-state index in [1.54, 1.807) is 6.08 Å². The SMILES string of the molecule is C/C(=C/C(=O)NC1CCN(CC(N)=O)CC1)CCc1ccccc1. The number of nitrogens with two attached hydrogens (primary N) is 1. The van der Waals surface area contributed by atoms with E-state index in [9.17, 15) is 9.59 Å². The van der Waals surface area contributed by atoms with E-state index < -0.39 is 0 Å². The van der Waals surface area contributed by atoms with Crippen molar-refractivity contribution >= 4 is 11.8 Å². The number of primary amides is 1. The summed E-state index contributed by atoms with van der Waals surface area (Å²) < 4.78 is 0. The summed E-state index contributed by atoms with van der Waals surface area (Å²) in [7, 11) is 0. The molecule has 0 saturated carbocycles. The summed E-state index contributed by atoms with van der Waals surface area (Å²) in [6.07, 6.45) is 5.25. The predicted octanol–water partition coefficient (Wildman–Crippen LogP) is 1.63. The van der Waals surface area contributed by atoms with Gasteiger partial charge in [0.15, 0.2) is 0 Å². The molecule has 0 spiro atoms. The summed E-state index contributed by atoms with van der Waals surface area (Å²) in [5.41, 5.74) is 7.58. The van der Waals surface area contributed by atoms with Crippen molar-refractivity contribution in [3.63, 3.8) is 0 Å². The molecular formula is C19H27N3O2. The molecule has 3 N–H and O–H groups in total. The molecule has 2 rings (SSSR count). The fraction of sp³-hybridized carbons (Fsp3) is 0.474. The normalized spacial score (nSPS) is 16.8. The highest BCUT2D eigenvalue weighted by Crippen LogP contribution is 2.11. The van der Waals surface area contributed by atoms with Crippen molar-refractivity contribution in [2.75, 3.05) is 19.6 Å². The van der Waals surface area contributed by atoms with Gasteiger partial charge in [-0.15, -0.1) is 0 Å². The van der Waals surface area contributed by atoms with Gasteiger partial charge in [-0.25, -0.2) is 0 Å². The second-order valence-electron chi connectivity index (χ2n) is 6.50. The number of nitrogens with zero attached hydrogens (tertiary/aromatic N) is 1. The number of aryl methyl sites for hydroxylation is 1. The van der Waals surface area contributed by atoms with Crippen LogP contribution in [-0.2, 0) is 16.0 Å². The first-order valence-electron chi connectivity index (χ1n) is 8.55. The molecule has 1 heterocycles. The molecule has 1 saturated heterocycles. The second kappa shape index (κ2) is 9.23. The maximum Gasteiger partial charge on any atom is 0.244 e. The topological polar surface area (TPSA) is 75.4 Å². The van der Waals surface area contributed by atoms with Crippen LogP contribution in [0.3, 0.4) is 0 Å². The summed E-state index contributed by atoms with van der Waals surface area (Å²) in [5.74, 6) is -0.316. The van der Waals surface area contributed by atoms with Crippen molar-refractivity contribution in [2.24, 2.45) is 5.73 Å². The van der Waals surface area contributed by atoms with Crippen molar-refractivity contribution in [3.05, 3.63) is 47.5 Å². The number of hydrogen-bond donors (Lipinski definition) is 2. The molecule has 0 atom stereocenters. The average molecular weight is 329 g/mol. The molecule has 1 aromatic carbocycles. The van der Waals surface area contributed by atoms with Crippen LogP contribution in [0.1, 0.15) is 31.7 Å². The van der Waals surface area contributed by atoms with Crippen molar-refractivity contribution < 1.29 is 9.59 Å². The van der Waals surface area contributed by atoms with Gasteiger partial charge in [-0.05, 0) is 38.2 Å². The zero-order valence-electron chi connectivity index (χ0n) is 14.3. The molecule has 1 aliphatic heterocycles. The zero-order valence-corrected chi connectivity index (χ0v) is 14.3. The van der Waals surface area contributed by atoms with Crippen LogP contribution in [0.25, 0.3) is 0 Å². The van der Waals surface area contributed by atoms with Crippen LogP contribution < -0.4 is 11.1 Å². The van der Waals surface area contributed by atoms with Gasteiger partial charge in [0.25, 0.3) is 0 Å². The summed E-state index contributed by atoms with van der Waals surface area (Å²) >= 11 is 0. The molecule has 1 aromatic rings. The lowest BCUT2D eigenvalue weighted by molar-refractivity contribution is -0.120. The van der Waals surface area contributed by atoms with Crippen LogP contribution in [0.2, 0.25) is 0 Å². The van der Waals surface area contributed by atoms with E-state index in [2.05, 4.69) is 17.4 Å². The minimum Gasteiger partial charge on any atom is -0.369 e. The molecule has 1 aliphatic rings. The lowest BCUT2D eigenvalue weighted by Gasteiger charge is -2.31. The maximum absolute atomic E-state index is 12.1. The lowest BCUT2D eigenvalue weighted by atomic mass is 10.0. The standard InChI is InChI=1S/C19H27N3O2/c1-15(7-8-16-5-3-2-4-6-16)13-19(24)21-17-9-11-22(12-10-17)14-18(20)23/h2-6,13,17H,7-12,14H2,1H3,(H2,20,23)(H,21,24)/b15-13-. The highest BCUT2D eigenvalue weighted by molar-refractivity contribution is 5.88. The van der Waals surface area contributed by atoms with E-state index in [0.717, 1.165) is 44.3 Å². The van der Waals surface area contributed by atoms with Gasteiger partial charge < -0.3 is 11.1 Å². The Morgan fingerprint density at radius 2 is 1.92 bits per heavy atom. The average Bonchev–Trinajstić information content (AvgIpc) is 2.55. The largest absolute Gasteiger partial charge is 0.369 e. The number of nitrogens with one attached hydrogen (secondary N) is 1.